The number of amides is 1. The average molecular weight is 456 g/mol. The molecule has 2 aromatic carbocycles. The number of hydrogen-bond donors (Lipinski definition) is 0. The Bertz CT molecular complexity index is 1310. The highest BCUT2D eigenvalue weighted by atomic mass is 19.1. The van der Waals surface area contributed by atoms with E-state index in [1.54, 1.807) is 29.4 Å². The lowest BCUT2D eigenvalue weighted by Crippen LogP contribution is -2.36. The normalized spacial score (nSPS) is 15.9. The van der Waals surface area contributed by atoms with Gasteiger partial charge in [-0.1, -0.05) is 36.4 Å². The molecule has 1 aliphatic heterocycles. The highest BCUT2D eigenvalue weighted by molar-refractivity contribution is 5.95. The van der Waals surface area contributed by atoms with E-state index in [4.69, 9.17) is 0 Å². The maximum Gasteiger partial charge on any atom is 0.256 e. The molecule has 1 amide bonds. The van der Waals surface area contributed by atoms with Gasteiger partial charge in [0.05, 0.1) is 23.1 Å². The predicted octanol–water partition coefficient (Wildman–Crippen LogP) is 4.10. The van der Waals surface area contributed by atoms with Crippen LogP contribution in [0.2, 0.25) is 0 Å². The van der Waals surface area contributed by atoms with Crippen molar-refractivity contribution in [1.82, 2.24) is 25.0 Å². The quantitative estimate of drug-likeness (QED) is 0.438. The molecule has 4 aromatic rings. The van der Waals surface area contributed by atoms with Crippen molar-refractivity contribution in [3.05, 3.63) is 101 Å². The van der Waals surface area contributed by atoms with Crippen LogP contribution in [0, 0.1) is 5.82 Å². The van der Waals surface area contributed by atoms with Crippen molar-refractivity contribution in [2.24, 2.45) is 0 Å². The summed E-state index contributed by atoms with van der Waals surface area (Å²) in [5.74, 6) is -0.764. The summed E-state index contributed by atoms with van der Waals surface area (Å²) in [6.45, 7) is 1.89. The van der Waals surface area contributed by atoms with Crippen LogP contribution in [0.15, 0.2) is 73.1 Å². The van der Waals surface area contributed by atoms with E-state index in [1.165, 1.54) is 6.07 Å². The number of carbonyl (C=O) groups is 1. The van der Waals surface area contributed by atoms with Crippen molar-refractivity contribution >= 4 is 16.7 Å². The summed E-state index contributed by atoms with van der Waals surface area (Å²) >= 11 is 0. The Labute approximate surface area is 198 Å². The van der Waals surface area contributed by atoms with Crippen molar-refractivity contribution in [1.29, 1.82) is 0 Å². The van der Waals surface area contributed by atoms with Crippen LogP contribution in [-0.4, -0.2) is 57.1 Å². The predicted molar refractivity (Wildman–Crippen MR) is 129 cm³/mol. The van der Waals surface area contributed by atoms with Gasteiger partial charge in [0.25, 0.3) is 5.91 Å². The summed E-state index contributed by atoms with van der Waals surface area (Å²) in [6, 6.07) is 18.7. The van der Waals surface area contributed by atoms with Crippen LogP contribution < -0.4 is 0 Å². The summed E-state index contributed by atoms with van der Waals surface area (Å²) in [6.07, 6.45) is 4.84. The van der Waals surface area contributed by atoms with E-state index >= 15 is 0 Å². The van der Waals surface area contributed by atoms with Gasteiger partial charge in [-0.3, -0.25) is 14.7 Å². The van der Waals surface area contributed by atoms with Gasteiger partial charge in [-0.05, 0) is 43.3 Å². The number of likely N-dealkylation sites (N-methyl/N-ethyl adjacent to an activating group) is 1. The second-order valence-corrected chi connectivity index (χ2v) is 8.80. The lowest BCUT2D eigenvalue weighted by Gasteiger charge is -2.24. The molecule has 0 spiro atoms. The molecular formula is C27H26FN5O. The fraction of sp³-hybridized carbons (Fsp3) is 0.259. The van der Waals surface area contributed by atoms with E-state index in [0.29, 0.717) is 26.1 Å². The van der Waals surface area contributed by atoms with E-state index in [9.17, 15) is 9.18 Å². The topological polar surface area (TPSA) is 62.2 Å². The van der Waals surface area contributed by atoms with E-state index in [1.807, 2.05) is 49.5 Å². The number of carbonyl (C=O) groups excluding carboxylic acids is 1. The molecule has 5 rings (SSSR count). The van der Waals surface area contributed by atoms with Crippen LogP contribution in [-0.2, 0) is 13.0 Å². The standard InChI is InChI=1S/C27H26FN5O/c1-32(17-21-7-4-5-12-29-21)22-11-13-33(18-22)27(34)24-14-19(9-10-25(24)28)15-26-23-8-3-2-6-20(23)16-30-31-26/h2-10,12,14,16,22H,11,13,15,17-18H2,1H3/t22-/m0/s1. The largest absolute Gasteiger partial charge is 0.337 e. The molecule has 0 aliphatic carbocycles. The van der Waals surface area contributed by atoms with Crippen LogP contribution in [0.3, 0.4) is 0 Å². The van der Waals surface area contributed by atoms with Gasteiger partial charge in [-0.25, -0.2) is 4.39 Å². The smallest absolute Gasteiger partial charge is 0.256 e. The highest BCUT2D eigenvalue weighted by Gasteiger charge is 2.30. The van der Waals surface area contributed by atoms with Crippen LogP contribution in [0.1, 0.15) is 33.7 Å². The molecule has 0 radical (unpaired) electrons. The first-order chi connectivity index (χ1) is 16.6. The zero-order chi connectivity index (χ0) is 23.5. The first-order valence-electron chi connectivity index (χ1n) is 11.5. The molecule has 1 fully saturated rings. The van der Waals surface area contributed by atoms with E-state index < -0.39 is 5.82 Å². The van der Waals surface area contributed by atoms with Crippen LogP contribution >= 0.6 is 0 Å². The van der Waals surface area contributed by atoms with Crippen molar-refractivity contribution in [2.45, 2.75) is 25.4 Å². The SMILES string of the molecule is CN(Cc1ccccn1)[C@H]1CCN(C(=O)c2cc(Cc3nncc4ccccc34)ccc2F)C1. The summed E-state index contributed by atoms with van der Waals surface area (Å²) < 4.78 is 14.7. The molecule has 6 nitrogen and oxygen atoms in total. The zero-order valence-electron chi connectivity index (χ0n) is 19.1. The van der Waals surface area contributed by atoms with E-state index in [0.717, 1.165) is 34.1 Å². The van der Waals surface area contributed by atoms with Gasteiger partial charge in [0.15, 0.2) is 0 Å². The van der Waals surface area contributed by atoms with Crippen molar-refractivity contribution in [3.8, 4) is 0 Å². The minimum atomic E-state index is -0.497. The number of halogens is 1. The van der Waals surface area contributed by atoms with Gasteiger partial charge in [0.2, 0.25) is 0 Å². The number of aromatic nitrogens is 3. The molecule has 1 aliphatic rings. The third-order valence-corrected chi connectivity index (χ3v) is 6.49. The number of pyridine rings is 1. The molecule has 1 atom stereocenters. The van der Waals surface area contributed by atoms with Gasteiger partial charge in [-0.15, -0.1) is 0 Å². The number of likely N-dealkylation sites (tertiary alicyclic amines) is 1. The van der Waals surface area contributed by atoms with E-state index in [-0.39, 0.29) is 17.5 Å². The molecule has 0 saturated carbocycles. The third-order valence-electron chi connectivity index (χ3n) is 6.49. The molecule has 172 valence electrons. The van der Waals surface area contributed by atoms with Gasteiger partial charge in [0.1, 0.15) is 5.82 Å². The monoisotopic (exact) mass is 455 g/mol. The summed E-state index contributed by atoms with van der Waals surface area (Å²) in [4.78, 5) is 21.6. The van der Waals surface area contributed by atoms with Gasteiger partial charge in [-0.2, -0.15) is 10.2 Å². The zero-order valence-corrected chi connectivity index (χ0v) is 19.1. The lowest BCUT2D eigenvalue weighted by atomic mass is 10.0. The number of benzene rings is 2. The summed E-state index contributed by atoms with van der Waals surface area (Å²) in [5.41, 5.74) is 2.74. The van der Waals surface area contributed by atoms with Crippen LogP contribution in [0.4, 0.5) is 4.39 Å². The Balaban J connectivity index is 1.30. The summed E-state index contributed by atoms with van der Waals surface area (Å²) in [7, 11) is 2.04. The maximum absolute atomic E-state index is 14.7. The highest BCUT2D eigenvalue weighted by Crippen LogP contribution is 2.23. The lowest BCUT2D eigenvalue weighted by molar-refractivity contribution is 0.0774. The minimum absolute atomic E-state index is 0.110. The molecule has 3 heterocycles. The molecule has 2 aromatic heterocycles. The Kier molecular flexibility index (Phi) is 6.27. The Morgan fingerprint density at radius 1 is 1.15 bits per heavy atom. The number of hydrogen-bond acceptors (Lipinski definition) is 5. The second-order valence-electron chi connectivity index (χ2n) is 8.80. The maximum atomic E-state index is 14.7. The van der Waals surface area contributed by atoms with Crippen molar-refractivity contribution < 1.29 is 9.18 Å². The number of nitrogens with zero attached hydrogens (tertiary/aromatic N) is 5. The Morgan fingerprint density at radius 3 is 2.85 bits per heavy atom. The first-order valence-corrected chi connectivity index (χ1v) is 11.5. The van der Waals surface area contributed by atoms with Gasteiger partial charge < -0.3 is 4.90 Å². The molecule has 1 saturated heterocycles. The van der Waals surface area contributed by atoms with Gasteiger partial charge >= 0.3 is 0 Å². The fourth-order valence-corrected chi connectivity index (χ4v) is 4.59. The number of rotatable bonds is 6. The second kappa shape index (κ2) is 9.65. The van der Waals surface area contributed by atoms with Gasteiger partial charge in [0, 0.05) is 49.1 Å². The molecule has 34 heavy (non-hydrogen) atoms. The molecule has 7 heteroatoms. The summed E-state index contributed by atoms with van der Waals surface area (Å²) in [5, 5.41) is 10.4. The van der Waals surface area contributed by atoms with Crippen molar-refractivity contribution in [2.75, 3.05) is 20.1 Å². The molecule has 0 unspecified atom stereocenters. The Hall–Kier alpha value is -3.71. The Morgan fingerprint density at radius 2 is 2.00 bits per heavy atom. The fourth-order valence-electron chi connectivity index (χ4n) is 4.59. The molecule has 0 N–H and O–H groups in total. The van der Waals surface area contributed by atoms with E-state index in [2.05, 4.69) is 20.1 Å². The average Bonchev–Trinajstić information content (AvgIpc) is 3.36. The first kappa shape index (κ1) is 22.1. The third kappa shape index (κ3) is 4.65. The molecule has 0 bridgehead atoms. The van der Waals surface area contributed by atoms with Crippen LogP contribution in [0.25, 0.3) is 10.8 Å². The minimum Gasteiger partial charge on any atom is -0.337 e. The number of fused-ring (bicyclic) bond motifs is 1. The van der Waals surface area contributed by atoms with Crippen molar-refractivity contribution in [3.63, 3.8) is 0 Å². The molecular weight excluding hydrogens is 429 g/mol. The van der Waals surface area contributed by atoms with Crippen LogP contribution in [0.5, 0.6) is 0 Å².